The van der Waals surface area contributed by atoms with E-state index in [0.717, 1.165) is 0 Å². The molecule has 1 unspecified atom stereocenters. The minimum Gasteiger partial charge on any atom is -0.366 e. The predicted molar refractivity (Wildman–Crippen MR) is 51.7 cm³/mol. The van der Waals surface area contributed by atoms with Gasteiger partial charge >= 0.3 is 0 Å². The van der Waals surface area contributed by atoms with E-state index in [-0.39, 0.29) is 10.5 Å². The highest BCUT2D eigenvalue weighted by molar-refractivity contribution is 9.10. The number of carbonyl (C=O) groups excluding carboxylic acids is 1. The summed E-state index contributed by atoms with van der Waals surface area (Å²) in [6, 6.07) is 4.35. The Morgan fingerprint density at radius 3 is 2.62 bits per heavy atom. The van der Waals surface area contributed by atoms with Crippen LogP contribution in [0.25, 0.3) is 0 Å². The standard InChI is InChI=1S/C7H6BrNO3S/c8-4-1-2-6(13(11)12)5(3-4)7(9)10/h1-3H,(H2,9,10)(H,11,12). The molecule has 1 aromatic rings. The quantitative estimate of drug-likeness (QED) is 0.785. The van der Waals surface area contributed by atoms with E-state index < -0.39 is 17.0 Å². The molecule has 4 nitrogen and oxygen atoms in total. The lowest BCUT2D eigenvalue weighted by atomic mass is 10.2. The van der Waals surface area contributed by atoms with Crippen molar-refractivity contribution in [3.8, 4) is 0 Å². The number of rotatable bonds is 2. The molecule has 1 atom stereocenters. The normalized spacial score (nSPS) is 12.5. The second-order valence-electron chi connectivity index (χ2n) is 2.25. The summed E-state index contributed by atoms with van der Waals surface area (Å²) in [5, 5.41) is 0. The van der Waals surface area contributed by atoms with Gasteiger partial charge in [0.25, 0.3) is 0 Å². The summed E-state index contributed by atoms with van der Waals surface area (Å²) in [6.07, 6.45) is 0. The Morgan fingerprint density at radius 1 is 1.54 bits per heavy atom. The number of halogens is 1. The molecule has 0 spiro atoms. The van der Waals surface area contributed by atoms with Crippen LogP contribution in [-0.4, -0.2) is 14.7 Å². The van der Waals surface area contributed by atoms with E-state index in [1.807, 2.05) is 0 Å². The first kappa shape index (κ1) is 10.4. The van der Waals surface area contributed by atoms with Crippen LogP contribution in [0.5, 0.6) is 0 Å². The largest absolute Gasteiger partial charge is 0.366 e. The Labute approximate surface area is 85.5 Å². The minimum atomic E-state index is -2.19. The molecule has 6 heteroatoms. The summed E-state index contributed by atoms with van der Waals surface area (Å²) in [4.78, 5) is 10.9. The highest BCUT2D eigenvalue weighted by Gasteiger charge is 2.12. The number of amides is 1. The summed E-state index contributed by atoms with van der Waals surface area (Å²) in [6.45, 7) is 0. The number of carbonyl (C=O) groups is 1. The molecule has 70 valence electrons. The van der Waals surface area contributed by atoms with Gasteiger partial charge in [0.1, 0.15) is 0 Å². The van der Waals surface area contributed by atoms with Gasteiger partial charge in [0, 0.05) is 4.47 Å². The SMILES string of the molecule is NC(=O)c1cc(Br)ccc1S(=O)O. The molecule has 0 fully saturated rings. The van der Waals surface area contributed by atoms with Crippen LogP contribution in [0.3, 0.4) is 0 Å². The van der Waals surface area contributed by atoms with E-state index in [0.29, 0.717) is 4.47 Å². The van der Waals surface area contributed by atoms with Gasteiger partial charge in [-0.25, -0.2) is 4.21 Å². The zero-order chi connectivity index (χ0) is 10.0. The van der Waals surface area contributed by atoms with Gasteiger partial charge < -0.3 is 10.3 Å². The van der Waals surface area contributed by atoms with Crippen molar-refractivity contribution in [2.75, 3.05) is 0 Å². The maximum Gasteiger partial charge on any atom is 0.250 e. The molecule has 0 saturated heterocycles. The molecule has 1 amide bonds. The van der Waals surface area contributed by atoms with E-state index in [4.69, 9.17) is 10.3 Å². The monoisotopic (exact) mass is 263 g/mol. The maximum absolute atomic E-state index is 10.8. The smallest absolute Gasteiger partial charge is 0.250 e. The zero-order valence-electron chi connectivity index (χ0n) is 6.36. The Kier molecular flexibility index (Phi) is 3.18. The second kappa shape index (κ2) is 3.99. The first-order valence-corrected chi connectivity index (χ1v) is 5.12. The number of primary amides is 1. The topological polar surface area (TPSA) is 80.4 Å². The van der Waals surface area contributed by atoms with Crippen molar-refractivity contribution in [1.29, 1.82) is 0 Å². The summed E-state index contributed by atoms with van der Waals surface area (Å²) >= 11 is 0.934. The van der Waals surface area contributed by atoms with Crippen LogP contribution in [0.15, 0.2) is 27.6 Å². The van der Waals surface area contributed by atoms with Gasteiger partial charge in [-0.05, 0) is 18.2 Å². The number of hydrogen-bond acceptors (Lipinski definition) is 2. The average Bonchev–Trinajstić information content (AvgIpc) is 2.03. The summed E-state index contributed by atoms with van der Waals surface area (Å²) in [5.41, 5.74) is 5.07. The fraction of sp³-hybridized carbons (Fsp3) is 0. The zero-order valence-corrected chi connectivity index (χ0v) is 8.76. The highest BCUT2D eigenvalue weighted by atomic mass is 79.9. The van der Waals surface area contributed by atoms with Crippen LogP contribution in [0.2, 0.25) is 0 Å². The molecule has 0 saturated carbocycles. The molecular weight excluding hydrogens is 258 g/mol. The lowest BCUT2D eigenvalue weighted by molar-refractivity contribution is 0.0997. The molecule has 0 radical (unpaired) electrons. The lowest BCUT2D eigenvalue weighted by Crippen LogP contribution is -2.14. The lowest BCUT2D eigenvalue weighted by Gasteiger charge is -2.02. The van der Waals surface area contributed by atoms with Crippen molar-refractivity contribution in [2.45, 2.75) is 4.90 Å². The summed E-state index contributed by atoms with van der Waals surface area (Å²) in [7, 11) is 0. The number of benzene rings is 1. The Balaban J connectivity index is 3.35. The van der Waals surface area contributed by atoms with Crippen molar-refractivity contribution in [2.24, 2.45) is 5.73 Å². The molecule has 0 aromatic heterocycles. The van der Waals surface area contributed by atoms with Gasteiger partial charge in [0.2, 0.25) is 5.91 Å². The maximum atomic E-state index is 10.8. The third-order valence-corrected chi connectivity index (χ3v) is 2.62. The Hall–Kier alpha value is -0.720. The third kappa shape index (κ3) is 2.36. The first-order chi connectivity index (χ1) is 6.02. The second-order valence-corrected chi connectivity index (χ2v) is 4.11. The van der Waals surface area contributed by atoms with Gasteiger partial charge in [0.15, 0.2) is 11.1 Å². The molecule has 0 heterocycles. The van der Waals surface area contributed by atoms with E-state index in [9.17, 15) is 9.00 Å². The van der Waals surface area contributed by atoms with Crippen LogP contribution in [0.4, 0.5) is 0 Å². The van der Waals surface area contributed by atoms with Gasteiger partial charge in [-0.3, -0.25) is 4.79 Å². The van der Waals surface area contributed by atoms with Crippen LogP contribution in [-0.2, 0) is 11.1 Å². The van der Waals surface area contributed by atoms with Crippen LogP contribution in [0.1, 0.15) is 10.4 Å². The van der Waals surface area contributed by atoms with Gasteiger partial charge in [-0.1, -0.05) is 15.9 Å². The van der Waals surface area contributed by atoms with Crippen LogP contribution < -0.4 is 5.73 Å². The fourth-order valence-corrected chi connectivity index (χ4v) is 1.74. The average molecular weight is 264 g/mol. The fourth-order valence-electron chi connectivity index (χ4n) is 0.847. The van der Waals surface area contributed by atoms with Crippen LogP contribution >= 0.6 is 15.9 Å². The molecule has 0 aliphatic carbocycles. The molecule has 0 bridgehead atoms. The molecule has 13 heavy (non-hydrogen) atoms. The summed E-state index contributed by atoms with van der Waals surface area (Å²) < 4.78 is 20.2. The van der Waals surface area contributed by atoms with E-state index in [1.54, 1.807) is 6.07 Å². The highest BCUT2D eigenvalue weighted by Crippen LogP contribution is 2.18. The summed E-state index contributed by atoms with van der Waals surface area (Å²) in [5.74, 6) is -0.723. The Morgan fingerprint density at radius 2 is 2.15 bits per heavy atom. The molecule has 3 N–H and O–H groups in total. The van der Waals surface area contributed by atoms with E-state index in [1.165, 1.54) is 12.1 Å². The van der Waals surface area contributed by atoms with Gasteiger partial charge in [-0.2, -0.15) is 0 Å². The van der Waals surface area contributed by atoms with Gasteiger partial charge in [-0.15, -0.1) is 0 Å². The molecule has 0 aliphatic heterocycles. The number of nitrogens with two attached hydrogens (primary N) is 1. The molecule has 1 rings (SSSR count). The molecule has 1 aromatic carbocycles. The van der Waals surface area contributed by atoms with Crippen molar-refractivity contribution in [1.82, 2.24) is 0 Å². The van der Waals surface area contributed by atoms with Crippen LogP contribution in [0, 0.1) is 0 Å². The first-order valence-electron chi connectivity index (χ1n) is 3.22. The Bertz CT molecular complexity index is 380. The third-order valence-electron chi connectivity index (χ3n) is 1.40. The van der Waals surface area contributed by atoms with Crippen molar-refractivity contribution in [3.05, 3.63) is 28.2 Å². The van der Waals surface area contributed by atoms with Crippen molar-refractivity contribution < 1.29 is 13.6 Å². The van der Waals surface area contributed by atoms with Crippen molar-refractivity contribution in [3.63, 3.8) is 0 Å². The minimum absolute atomic E-state index is 0.0238. The number of hydrogen-bond donors (Lipinski definition) is 2. The van der Waals surface area contributed by atoms with Crippen molar-refractivity contribution >= 4 is 32.9 Å². The van der Waals surface area contributed by atoms with E-state index >= 15 is 0 Å². The van der Waals surface area contributed by atoms with Gasteiger partial charge in [0.05, 0.1) is 10.5 Å². The molecular formula is C7H6BrNO3S. The predicted octanol–water partition coefficient (Wildman–Crippen LogP) is 1.13. The van der Waals surface area contributed by atoms with E-state index in [2.05, 4.69) is 15.9 Å². The molecule has 0 aliphatic rings.